The zero-order valence-corrected chi connectivity index (χ0v) is 44.0. The first-order valence-electron chi connectivity index (χ1n) is 21.2. The number of hydrogen-bond donors (Lipinski definition) is 0. The average molecular weight is 1050 g/mol. The van der Waals surface area contributed by atoms with Gasteiger partial charge in [-0.25, -0.2) is 0 Å². The van der Waals surface area contributed by atoms with E-state index < -0.39 is 33.8 Å². The molecule has 0 spiro atoms. The predicted octanol–water partition coefficient (Wildman–Crippen LogP) is 15.2. The van der Waals surface area contributed by atoms with Crippen molar-refractivity contribution in [1.29, 1.82) is 0 Å². The number of nitrogens with zero attached hydrogens (tertiary/aromatic N) is 2. The number of carbonyl (C=O) groups is 2. The Morgan fingerprint density at radius 3 is 1.27 bits per heavy atom. The quantitative estimate of drug-likeness (QED) is 0.102. The lowest BCUT2D eigenvalue weighted by molar-refractivity contribution is -0.137. The number of hydrogen-bond acceptors (Lipinski definition) is 2. The maximum Gasteiger partial charge on any atom is 0.416 e. The molecule has 0 saturated carbocycles. The van der Waals surface area contributed by atoms with Crippen molar-refractivity contribution in [3.63, 3.8) is 0 Å². The van der Waals surface area contributed by atoms with E-state index in [4.69, 9.17) is 69.6 Å². The van der Waals surface area contributed by atoms with Gasteiger partial charge in [-0.05, 0) is 95.8 Å². The summed E-state index contributed by atoms with van der Waals surface area (Å²) in [5.41, 5.74) is 3.39. The molecule has 0 aliphatic rings. The van der Waals surface area contributed by atoms with Gasteiger partial charge in [0, 0.05) is 57.4 Å². The fourth-order valence-corrected chi connectivity index (χ4v) is 10.5. The van der Waals surface area contributed by atoms with Crippen LogP contribution in [0.2, 0.25) is 69.4 Å². The molecule has 0 N–H and O–H groups in total. The Balaban J connectivity index is 0.000000248. The van der Waals surface area contributed by atoms with Crippen LogP contribution in [0.25, 0.3) is 0 Å². The van der Waals surface area contributed by atoms with Gasteiger partial charge in [-0.2, -0.15) is 13.2 Å². The molecule has 6 rings (SSSR count). The van der Waals surface area contributed by atoms with Crippen LogP contribution < -0.4 is 10.4 Å². The molecule has 66 heavy (non-hydrogen) atoms. The van der Waals surface area contributed by atoms with Crippen molar-refractivity contribution in [3.8, 4) is 0 Å². The molecular weight excluding hydrogens is 998 g/mol. The Hall–Kier alpha value is -3.78. The van der Waals surface area contributed by atoms with Crippen LogP contribution in [0, 0.1) is 0 Å². The van der Waals surface area contributed by atoms with Crippen LogP contribution in [0.15, 0.2) is 127 Å². The zero-order valence-electron chi connectivity index (χ0n) is 37.5. The smallest absolute Gasteiger partial charge is 0.334 e. The van der Waals surface area contributed by atoms with Crippen molar-refractivity contribution in [3.05, 3.63) is 196 Å². The summed E-state index contributed by atoms with van der Waals surface area (Å²) in [6.45, 7) is 15.3. The second-order valence-electron chi connectivity index (χ2n) is 18.1. The van der Waals surface area contributed by atoms with Gasteiger partial charge in [-0.15, -0.1) is 0 Å². The minimum atomic E-state index is -4.60. The van der Waals surface area contributed by atoms with E-state index in [-0.39, 0.29) is 23.0 Å². The third-order valence-corrected chi connectivity index (χ3v) is 16.6. The summed E-state index contributed by atoms with van der Waals surface area (Å²) in [7, 11) is -2.86. The lowest BCUT2D eigenvalue weighted by Gasteiger charge is -2.24. The van der Waals surface area contributed by atoms with Crippen molar-refractivity contribution in [1.82, 2.24) is 9.80 Å². The van der Waals surface area contributed by atoms with Crippen molar-refractivity contribution >= 4 is 108 Å². The molecule has 6 aromatic carbocycles. The van der Waals surface area contributed by atoms with E-state index in [1.54, 1.807) is 41.3 Å². The summed E-state index contributed by atoms with van der Waals surface area (Å²) in [4.78, 5) is 30.1. The van der Waals surface area contributed by atoms with Crippen molar-refractivity contribution in [2.45, 2.75) is 71.4 Å². The lowest BCUT2D eigenvalue weighted by Crippen LogP contribution is -2.37. The van der Waals surface area contributed by atoms with Crippen molar-refractivity contribution < 1.29 is 22.8 Å². The molecule has 4 nitrogen and oxygen atoms in total. The molecule has 15 heteroatoms. The Kier molecular flexibility index (Phi) is 18.5. The van der Waals surface area contributed by atoms with Gasteiger partial charge in [0.1, 0.15) is 0 Å². The number of carbonyl (C=O) groups excluding carboxylic acids is 2. The summed E-state index contributed by atoms with van der Waals surface area (Å²) in [6.07, 6.45) is -3.42. The van der Waals surface area contributed by atoms with Crippen LogP contribution in [-0.4, -0.2) is 50.9 Å². The number of benzene rings is 6. The fourth-order valence-electron chi connectivity index (χ4n) is 6.96. The second-order valence-corrected chi connectivity index (χ2v) is 30.8. The van der Waals surface area contributed by atoms with Crippen LogP contribution in [0.5, 0.6) is 0 Å². The Morgan fingerprint density at radius 2 is 0.848 bits per heavy atom. The molecule has 2 amide bonds. The van der Waals surface area contributed by atoms with Crippen LogP contribution in [0.1, 0.15) is 48.5 Å². The number of amides is 2. The van der Waals surface area contributed by atoms with Crippen LogP contribution in [-0.2, 0) is 32.1 Å². The van der Waals surface area contributed by atoms with Crippen LogP contribution in [0.3, 0.4) is 0 Å². The molecule has 348 valence electrons. The fraction of sp³-hybridized carbons (Fsp3) is 0.255. The van der Waals surface area contributed by atoms with Gasteiger partial charge in [-0.1, -0.05) is 186 Å². The van der Waals surface area contributed by atoms with Gasteiger partial charge in [-0.3, -0.25) is 9.59 Å². The van der Waals surface area contributed by atoms with Gasteiger partial charge in [0.15, 0.2) is 0 Å². The van der Waals surface area contributed by atoms with Crippen LogP contribution in [0.4, 0.5) is 13.2 Å². The standard InChI is InChI=1S/C26H26Cl2F3NOSi.C25H25Cl4NOSi/c1-34(2,3)24-10-6-19(7-11-24)17-32(13-12-18-4-8-22(27)9-5-18)25(33)20-14-21(26(29,30)31)16-23(28)15-20;1-32(2,3)22-7-4-18(5-8-22)16-30(11-10-17-6-9-23(28)24(29)12-17)25(31)19-13-20(26)15-21(27)14-19/h4-11,14-16H,12-13,17H2,1-3H3;4-9,12-15H,10-11,16H2,1-3H3. The van der Waals surface area contributed by atoms with E-state index in [0.717, 1.165) is 34.4 Å². The van der Waals surface area contributed by atoms with Crippen molar-refractivity contribution in [2.75, 3.05) is 13.1 Å². The Morgan fingerprint density at radius 1 is 0.455 bits per heavy atom. The normalized spacial score (nSPS) is 11.7. The highest BCUT2D eigenvalue weighted by atomic mass is 35.5. The molecule has 0 aromatic heterocycles. The largest absolute Gasteiger partial charge is 0.416 e. The molecule has 0 atom stereocenters. The van der Waals surface area contributed by atoms with Gasteiger partial charge in [0.05, 0.1) is 31.8 Å². The van der Waals surface area contributed by atoms with E-state index in [2.05, 4.69) is 75.7 Å². The SMILES string of the molecule is C[Si](C)(C)c1ccc(CN(CCc2ccc(Cl)c(Cl)c2)C(=O)c2cc(Cl)cc(Cl)c2)cc1.C[Si](C)(C)c1ccc(CN(CCc2ccc(Cl)cc2)C(=O)c2cc(Cl)cc(C(F)(F)F)c2)cc1. The number of alkyl halides is 3. The van der Waals surface area contributed by atoms with Gasteiger partial charge in [0.2, 0.25) is 0 Å². The highest BCUT2D eigenvalue weighted by Crippen LogP contribution is 2.33. The van der Waals surface area contributed by atoms with E-state index >= 15 is 0 Å². The summed E-state index contributed by atoms with van der Waals surface area (Å²) in [5, 5.41) is 5.05. The first-order chi connectivity index (χ1) is 30.8. The molecule has 0 unspecified atom stereocenters. The number of halogens is 9. The summed E-state index contributed by atoms with van der Waals surface area (Å²) >= 11 is 36.4. The molecule has 0 heterocycles. The maximum absolute atomic E-state index is 13.4. The monoisotopic (exact) mass is 1050 g/mol. The minimum Gasteiger partial charge on any atom is -0.334 e. The molecule has 0 radical (unpaired) electrons. The summed E-state index contributed by atoms with van der Waals surface area (Å²) in [6, 6.07) is 37.4. The lowest BCUT2D eigenvalue weighted by atomic mass is 10.1. The van der Waals surface area contributed by atoms with Gasteiger partial charge in [0.25, 0.3) is 11.8 Å². The first-order valence-corrected chi connectivity index (χ1v) is 30.4. The minimum absolute atomic E-state index is 0.0883. The molecule has 0 aliphatic carbocycles. The summed E-state index contributed by atoms with van der Waals surface area (Å²) in [5.74, 6) is -0.625. The number of rotatable bonds is 14. The highest BCUT2D eigenvalue weighted by molar-refractivity contribution is 6.89. The predicted molar refractivity (Wildman–Crippen MR) is 277 cm³/mol. The molecule has 6 aromatic rings. The highest BCUT2D eigenvalue weighted by Gasteiger charge is 2.32. The van der Waals surface area contributed by atoms with Crippen LogP contribution >= 0.6 is 69.6 Å². The Labute approximate surface area is 418 Å². The molecule has 0 aliphatic heterocycles. The van der Waals surface area contributed by atoms with Crippen molar-refractivity contribution in [2.24, 2.45) is 0 Å². The Bertz CT molecular complexity index is 2600. The van der Waals surface area contributed by atoms with Gasteiger partial charge >= 0.3 is 6.18 Å². The third kappa shape index (κ3) is 15.9. The zero-order chi connectivity index (χ0) is 48.6. The van der Waals surface area contributed by atoms with E-state index in [1.807, 2.05) is 41.3 Å². The average Bonchev–Trinajstić information content (AvgIpc) is 3.24. The topological polar surface area (TPSA) is 40.6 Å². The molecule has 0 fully saturated rings. The molecule has 0 saturated heterocycles. The third-order valence-electron chi connectivity index (χ3n) is 10.8. The molecule has 0 bridgehead atoms. The van der Waals surface area contributed by atoms with Gasteiger partial charge < -0.3 is 9.80 Å². The first kappa shape index (κ1) is 53.2. The molecular formula is C51H51Cl6F3N2O2Si2. The maximum atomic E-state index is 13.4. The summed E-state index contributed by atoms with van der Waals surface area (Å²) < 4.78 is 39.9. The van der Waals surface area contributed by atoms with E-state index in [1.165, 1.54) is 16.4 Å². The van der Waals surface area contributed by atoms with E-state index in [0.29, 0.717) is 63.2 Å². The van der Waals surface area contributed by atoms with E-state index in [9.17, 15) is 22.8 Å². The second kappa shape index (κ2) is 23.0.